The lowest BCUT2D eigenvalue weighted by molar-refractivity contribution is 0.101. The molecule has 3 aromatic carbocycles. The van der Waals surface area contributed by atoms with Gasteiger partial charge in [-0.15, -0.1) is 0 Å². The van der Waals surface area contributed by atoms with Crippen molar-refractivity contribution in [2.24, 2.45) is 0 Å². The molecule has 0 fully saturated rings. The van der Waals surface area contributed by atoms with E-state index < -0.39 is 17.5 Å². The summed E-state index contributed by atoms with van der Waals surface area (Å²) in [6.45, 7) is 1.51. The molecule has 0 radical (unpaired) electrons. The molecular weight excluding hydrogens is 376 g/mol. The lowest BCUT2D eigenvalue weighted by Gasteiger charge is -2.05. The third-order valence-corrected chi connectivity index (χ3v) is 4.58. The van der Waals surface area contributed by atoms with Crippen LogP contribution in [0.25, 0.3) is 22.0 Å². The molecule has 5 nitrogen and oxygen atoms in total. The third-order valence-electron chi connectivity index (χ3n) is 4.58. The van der Waals surface area contributed by atoms with Gasteiger partial charge in [-0.2, -0.15) is 5.10 Å². The Morgan fingerprint density at radius 3 is 2.45 bits per heavy atom. The Morgan fingerprint density at radius 2 is 1.69 bits per heavy atom. The molecule has 29 heavy (non-hydrogen) atoms. The third kappa shape index (κ3) is 3.62. The molecule has 1 aromatic heterocycles. The van der Waals surface area contributed by atoms with Crippen LogP contribution in [0.15, 0.2) is 60.7 Å². The van der Waals surface area contributed by atoms with E-state index in [-0.39, 0.29) is 17.2 Å². The number of Topliss-reactive ketones (excluding diaryl/α,β-unsaturated/α-hetero) is 1. The summed E-state index contributed by atoms with van der Waals surface area (Å²) in [5, 5.41) is 10.2. The number of halogens is 2. The summed E-state index contributed by atoms with van der Waals surface area (Å²) in [6, 6.07) is 15.7. The van der Waals surface area contributed by atoms with Crippen molar-refractivity contribution < 1.29 is 18.4 Å². The molecule has 7 heteroatoms. The molecule has 4 aromatic rings. The minimum absolute atomic E-state index is 0.0160. The lowest BCUT2D eigenvalue weighted by atomic mass is 10.0. The number of H-pyrrole nitrogens is 1. The zero-order valence-electron chi connectivity index (χ0n) is 15.3. The van der Waals surface area contributed by atoms with Gasteiger partial charge in [0.05, 0.1) is 5.52 Å². The quantitative estimate of drug-likeness (QED) is 0.483. The van der Waals surface area contributed by atoms with Crippen molar-refractivity contribution in [3.05, 3.63) is 83.4 Å². The van der Waals surface area contributed by atoms with Crippen molar-refractivity contribution in [1.82, 2.24) is 10.2 Å². The van der Waals surface area contributed by atoms with E-state index in [9.17, 15) is 18.4 Å². The van der Waals surface area contributed by atoms with E-state index in [1.807, 2.05) is 30.3 Å². The van der Waals surface area contributed by atoms with Gasteiger partial charge in [0.25, 0.3) is 5.91 Å². The van der Waals surface area contributed by atoms with Crippen LogP contribution in [-0.2, 0) is 0 Å². The molecule has 144 valence electrons. The topological polar surface area (TPSA) is 74.8 Å². The smallest absolute Gasteiger partial charge is 0.256 e. The fourth-order valence-corrected chi connectivity index (χ4v) is 3.03. The second-order valence-electron chi connectivity index (χ2n) is 6.55. The van der Waals surface area contributed by atoms with E-state index in [1.165, 1.54) is 13.0 Å². The largest absolute Gasteiger partial charge is 0.305 e. The van der Waals surface area contributed by atoms with Crippen LogP contribution in [-0.4, -0.2) is 21.9 Å². The zero-order chi connectivity index (χ0) is 20.5. The minimum atomic E-state index is -1.10. The van der Waals surface area contributed by atoms with E-state index in [0.717, 1.165) is 23.3 Å². The van der Waals surface area contributed by atoms with Crippen LogP contribution < -0.4 is 5.32 Å². The number of aromatic amines is 1. The van der Waals surface area contributed by atoms with Crippen LogP contribution in [0.1, 0.15) is 27.6 Å². The number of carbonyl (C=O) groups excluding carboxylic acids is 2. The lowest BCUT2D eigenvalue weighted by Crippen LogP contribution is -2.13. The maximum absolute atomic E-state index is 13.4. The van der Waals surface area contributed by atoms with Crippen molar-refractivity contribution in [2.75, 3.05) is 5.32 Å². The first-order chi connectivity index (χ1) is 13.9. The van der Waals surface area contributed by atoms with Gasteiger partial charge in [0.15, 0.2) is 23.2 Å². The highest BCUT2D eigenvalue weighted by atomic mass is 19.2. The Kier molecular flexibility index (Phi) is 4.64. The fraction of sp³-hybridized carbons (Fsp3) is 0.0455. The maximum atomic E-state index is 13.4. The van der Waals surface area contributed by atoms with Crippen molar-refractivity contribution in [3.63, 3.8) is 0 Å². The number of nitrogens with one attached hydrogen (secondary N) is 2. The molecule has 0 bridgehead atoms. The summed E-state index contributed by atoms with van der Waals surface area (Å²) in [6.07, 6.45) is 0. The van der Waals surface area contributed by atoms with Crippen LogP contribution >= 0.6 is 0 Å². The number of hydrogen-bond acceptors (Lipinski definition) is 3. The molecule has 0 aliphatic carbocycles. The maximum Gasteiger partial charge on any atom is 0.256 e. The standard InChI is InChI=1S/C22H15F2N3O2/c1-12(28)13-3-2-4-14(9-13)15-5-7-17-20(11-15)26-27-21(17)25-22(29)16-6-8-18(23)19(24)10-16/h2-11H,1H3,(H2,25,26,27,29). The number of aromatic nitrogens is 2. The normalized spacial score (nSPS) is 10.9. The van der Waals surface area contributed by atoms with Crippen molar-refractivity contribution in [3.8, 4) is 11.1 Å². The van der Waals surface area contributed by atoms with E-state index in [2.05, 4.69) is 15.5 Å². The van der Waals surface area contributed by atoms with Gasteiger partial charge in [-0.1, -0.05) is 24.3 Å². The number of amides is 1. The molecule has 0 atom stereocenters. The highest BCUT2D eigenvalue weighted by Gasteiger charge is 2.14. The Morgan fingerprint density at radius 1 is 0.897 bits per heavy atom. The number of nitrogens with zero attached hydrogens (tertiary/aromatic N) is 1. The first kappa shape index (κ1) is 18.5. The van der Waals surface area contributed by atoms with Crippen LogP contribution in [0.2, 0.25) is 0 Å². The molecule has 0 saturated heterocycles. The predicted molar refractivity (Wildman–Crippen MR) is 106 cm³/mol. The van der Waals surface area contributed by atoms with Gasteiger partial charge in [-0.3, -0.25) is 14.7 Å². The number of hydrogen-bond donors (Lipinski definition) is 2. The molecule has 4 rings (SSSR count). The second-order valence-corrected chi connectivity index (χ2v) is 6.55. The molecule has 1 amide bonds. The van der Waals surface area contributed by atoms with Crippen LogP contribution in [0.4, 0.5) is 14.6 Å². The molecule has 0 saturated carbocycles. The number of benzene rings is 3. The highest BCUT2D eigenvalue weighted by Crippen LogP contribution is 2.28. The summed E-state index contributed by atoms with van der Waals surface area (Å²) < 4.78 is 26.4. The Labute approximate surface area is 164 Å². The van der Waals surface area contributed by atoms with Gasteiger partial charge in [-0.05, 0) is 54.4 Å². The van der Waals surface area contributed by atoms with Gasteiger partial charge in [0.1, 0.15) is 0 Å². The van der Waals surface area contributed by atoms with Gasteiger partial charge in [0, 0.05) is 16.5 Å². The predicted octanol–water partition coefficient (Wildman–Crippen LogP) is 4.96. The van der Waals surface area contributed by atoms with Crippen molar-refractivity contribution >= 4 is 28.4 Å². The number of carbonyl (C=O) groups is 2. The molecule has 0 aliphatic rings. The van der Waals surface area contributed by atoms with Gasteiger partial charge >= 0.3 is 0 Å². The molecule has 0 spiro atoms. The number of anilines is 1. The number of fused-ring (bicyclic) bond motifs is 1. The van der Waals surface area contributed by atoms with Crippen LogP contribution in [0, 0.1) is 11.6 Å². The minimum Gasteiger partial charge on any atom is -0.305 e. The summed E-state index contributed by atoms with van der Waals surface area (Å²) in [4.78, 5) is 23.9. The van der Waals surface area contributed by atoms with Crippen LogP contribution in [0.5, 0.6) is 0 Å². The summed E-state index contributed by atoms with van der Waals surface area (Å²) >= 11 is 0. The average molecular weight is 391 g/mol. The fourth-order valence-electron chi connectivity index (χ4n) is 3.03. The monoisotopic (exact) mass is 391 g/mol. The zero-order valence-corrected chi connectivity index (χ0v) is 15.3. The van der Waals surface area contributed by atoms with Gasteiger partial charge < -0.3 is 5.32 Å². The second kappa shape index (κ2) is 7.27. The Bertz CT molecular complexity index is 1260. The first-order valence-electron chi connectivity index (χ1n) is 8.78. The number of ketones is 1. The number of rotatable bonds is 4. The van der Waals surface area contributed by atoms with Gasteiger partial charge in [0.2, 0.25) is 0 Å². The van der Waals surface area contributed by atoms with Crippen molar-refractivity contribution in [2.45, 2.75) is 6.92 Å². The average Bonchev–Trinajstić information content (AvgIpc) is 3.12. The Balaban J connectivity index is 1.63. The summed E-state index contributed by atoms with van der Waals surface area (Å²) in [5.41, 5.74) is 3.03. The molecule has 2 N–H and O–H groups in total. The SMILES string of the molecule is CC(=O)c1cccc(-c2ccc3c(NC(=O)c4ccc(F)c(F)c4)n[nH]c3c2)c1. The van der Waals surface area contributed by atoms with E-state index in [4.69, 9.17) is 0 Å². The first-order valence-corrected chi connectivity index (χ1v) is 8.78. The van der Waals surface area contributed by atoms with E-state index >= 15 is 0 Å². The van der Waals surface area contributed by atoms with E-state index in [0.29, 0.717) is 16.5 Å². The van der Waals surface area contributed by atoms with Crippen LogP contribution in [0.3, 0.4) is 0 Å². The van der Waals surface area contributed by atoms with E-state index in [1.54, 1.807) is 12.1 Å². The molecule has 0 aliphatic heterocycles. The Hall–Kier alpha value is -3.87. The summed E-state index contributed by atoms with van der Waals surface area (Å²) in [7, 11) is 0. The molecular formula is C22H15F2N3O2. The highest BCUT2D eigenvalue weighted by molar-refractivity contribution is 6.08. The van der Waals surface area contributed by atoms with Crippen molar-refractivity contribution in [1.29, 1.82) is 0 Å². The van der Waals surface area contributed by atoms with Gasteiger partial charge in [-0.25, -0.2) is 8.78 Å². The molecule has 0 unspecified atom stereocenters. The molecule has 1 heterocycles. The summed E-state index contributed by atoms with van der Waals surface area (Å²) in [5.74, 6) is -2.46.